The number of aliphatic hydroxyl groups excluding tert-OH is 1. The van der Waals surface area contributed by atoms with Crippen molar-refractivity contribution in [1.29, 1.82) is 0 Å². The van der Waals surface area contributed by atoms with Gasteiger partial charge in [-0.2, -0.15) is 0 Å². The standard InChI is InChI=1S/C11H16ClFN2O2/c1-17-5-3-15(2-4-16)11-7-9(13)8(12)6-10(11)14/h6-7,16H,2-5,14H2,1H3. The minimum absolute atomic E-state index is 0.0121. The third kappa shape index (κ3) is 3.73. The maximum absolute atomic E-state index is 13.4. The number of halogens is 2. The van der Waals surface area contributed by atoms with Gasteiger partial charge in [0.25, 0.3) is 0 Å². The van der Waals surface area contributed by atoms with Gasteiger partial charge in [0.05, 0.1) is 29.6 Å². The van der Waals surface area contributed by atoms with E-state index in [9.17, 15) is 4.39 Å². The van der Waals surface area contributed by atoms with E-state index in [-0.39, 0.29) is 11.6 Å². The van der Waals surface area contributed by atoms with Crippen LogP contribution in [0, 0.1) is 5.82 Å². The topological polar surface area (TPSA) is 58.7 Å². The molecule has 17 heavy (non-hydrogen) atoms. The van der Waals surface area contributed by atoms with Gasteiger partial charge in [0.1, 0.15) is 5.82 Å². The van der Waals surface area contributed by atoms with Gasteiger partial charge in [-0.1, -0.05) is 11.6 Å². The molecule has 0 spiro atoms. The van der Waals surface area contributed by atoms with E-state index in [4.69, 9.17) is 27.2 Å². The Bertz CT molecular complexity index is 377. The molecule has 6 heteroatoms. The maximum atomic E-state index is 13.4. The van der Waals surface area contributed by atoms with Crippen LogP contribution in [0.2, 0.25) is 5.02 Å². The summed E-state index contributed by atoms with van der Waals surface area (Å²) in [6, 6.07) is 2.63. The second-order valence-electron chi connectivity index (χ2n) is 3.53. The van der Waals surface area contributed by atoms with Crippen LogP contribution in [0.5, 0.6) is 0 Å². The fourth-order valence-corrected chi connectivity index (χ4v) is 1.67. The Labute approximate surface area is 105 Å². The number of nitrogens with zero attached hydrogens (tertiary/aromatic N) is 1. The van der Waals surface area contributed by atoms with Crippen molar-refractivity contribution in [3.05, 3.63) is 23.0 Å². The first kappa shape index (κ1) is 14.0. The average molecular weight is 263 g/mol. The molecule has 0 fully saturated rings. The van der Waals surface area contributed by atoms with Crippen molar-refractivity contribution in [2.45, 2.75) is 0 Å². The fourth-order valence-electron chi connectivity index (χ4n) is 1.50. The van der Waals surface area contributed by atoms with E-state index in [1.807, 2.05) is 0 Å². The molecule has 3 N–H and O–H groups in total. The van der Waals surface area contributed by atoms with E-state index in [1.54, 1.807) is 12.0 Å². The van der Waals surface area contributed by atoms with E-state index in [0.717, 1.165) is 0 Å². The van der Waals surface area contributed by atoms with Crippen LogP contribution in [0.3, 0.4) is 0 Å². The predicted octanol–water partition coefficient (Wildman–Crippen LogP) is 1.51. The lowest BCUT2D eigenvalue weighted by molar-refractivity contribution is 0.203. The lowest BCUT2D eigenvalue weighted by Gasteiger charge is -2.25. The molecule has 0 bridgehead atoms. The first-order valence-electron chi connectivity index (χ1n) is 5.19. The number of anilines is 2. The summed E-state index contributed by atoms with van der Waals surface area (Å²) in [5.41, 5.74) is 6.67. The van der Waals surface area contributed by atoms with Gasteiger partial charge in [-0.3, -0.25) is 0 Å². The molecule has 0 heterocycles. The smallest absolute Gasteiger partial charge is 0.144 e. The molecule has 0 aromatic heterocycles. The molecule has 0 saturated heterocycles. The lowest BCUT2D eigenvalue weighted by atomic mass is 10.2. The Balaban J connectivity index is 2.96. The van der Waals surface area contributed by atoms with Gasteiger partial charge in [0.15, 0.2) is 0 Å². The Morgan fingerprint density at radius 2 is 2.18 bits per heavy atom. The molecule has 1 rings (SSSR count). The molecule has 0 unspecified atom stereocenters. The summed E-state index contributed by atoms with van der Waals surface area (Å²) in [6.07, 6.45) is 0. The van der Waals surface area contributed by atoms with Gasteiger partial charge in [-0.15, -0.1) is 0 Å². The molecule has 0 aliphatic rings. The largest absolute Gasteiger partial charge is 0.397 e. The van der Waals surface area contributed by atoms with Crippen molar-refractivity contribution in [3.8, 4) is 0 Å². The van der Waals surface area contributed by atoms with Crippen LogP contribution in [-0.2, 0) is 4.74 Å². The van der Waals surface area contributed by atoms with Gasteiger partial charge >= 0.3 is 0 Å². The van der Waals surface area contributed by atoms with Gasteiger partial charge in [-0.25, -0.2) is 4.39 Å². The summed E-state index contributed by atoms with van der Waals surface area (Å²) in [5.74, 6) is -0.531. The average Bonchev–Trinajstić information content (AvgIpc) is 2.29. The Kier molecular flexibility index (Phi) is 5.47. The predicted molar refractivity (Wildman–Crippen MR) is 67.0 cm³/mol. The van der Waals surface area contributed by atoms with E-state index in [0.29, 0.717) is 31.1 Å². The zero-order valence-electron chi connectivity index (χ0n) is 9.62. The quantitative estimate of drug-likeness (QED) is 0.763. The van der Waals surface area contributed by atoms with E-state index < -0.39 is 5.82 Å². The molecule has 1 aromatic rings. The van der Waals surface area contributed by atoms with Crippen LogP contribution in [0.25, 0.3) is 0 Å². The number of aliphatic hydroxyl groups is 1. The summed E-state index contributed by atoms with van der Waals surface area (Å²) in [4.78, 5) is 1.75. The van der Waals surface area contributed by atoms with Crippen LogP contribution < -0.4 is 10.6 Å². The van der Waals surface area contributed by atoms with Crippen LogP contribution in [-0.4, -0.2) is 38.5 Å². The van der Waals surface area contributed by atoms with E-state index in [1.165, 1.54) is 12.1 Å². The molecule has 0 atom stereocenters. The minimum Gasteiger partial charge on any atom is -0.397 e. The molecule has 0 amide bonds. The van der Waals surface area contributed by atoms with E-state index >= 15 is 0 Å². The SMILES string of the molecule is COCCN(CCO)c1cc(F)c(Cl)cc1N. The number of hydrogen-bond donors (Lipinski definition) is 2. The number of nitrogens with two attached hydrogens (primary N) is 1. The van der Waals surface area contributed by atoms with Crippen LogP contribution in [0.15, 0.2) is 12.1 Å². The molecule has 0 aliphatic heterocycles. The number of rotatable bonds is 6. The van der Waals surface area contributed by atoms with Gasteiger partial charge in [0.2, 0.25) is 0 Å². The van der Waals surface area contributed by atoms with Gasteiger partial charge < -0.3 is 20.5 Å². The summed E-state index contributed by atoms with van der Waals surface area (Å²) < 4.78 is 18.3. The lowest BCUT2D eigenvalue weighted by Crippen LogP contribution is -2.30. The van der Waals surface area contributed by atoms with Crippen molar-refractivity contribution in [1.82, 2.24) is 0 Å². The first-order valence-corrected chi connectivity index (χ1v) is 5.57. The zero-order valence-corrected chi connectivity index (χ0v) is 10.4. The number of ether oxygens (including phenoxy) is 1. The van der Waals surface area contributed by atoms with Gasteiger partial charge in [-0.05, 0) is 6.07 Å². The minimum atomic E-state index is -0.531. The number of nitrogen functional groups attached to an aromatic ring is 1. The van der Waals surface area contributed by atoms with Crippen molar-refractivity contribution in [2.75, 3.05) is 44.0 Å². The molecular weight excluding hydrogens is 247 g/mol. The van der Waals surface area contributed by atoms with Crippen molar-refractivity contribution >= 4 is 23.0 Å². The highest BCUT2D eigenvalue weighted by molar-refractivity contribution is 6.31. The van der Waals surface area contributed by atoms with Crippen LogP contribution in [0.4, 0.5) is 15.8 Å². The Hall–Kier alpha value is -1.04. The van der Waals surface area contributed by atoms with Crippen LogP contribution in [0.1, 0.15) is 0 Å². The van der Waals surface area contributed by atoms with Crippen molar-refractivity contribution < 1.29 is 14.2 Å². The second-order valence-corrected chi connectivity index (χ2v) is 3.94. The maximum Gasteiger partial charge on any atom is 0.144 e. The second kappa shape index (κ2) is 6.64. The summed E-state index contributed by atoms with van der Waals surface area (Å²) in [6.45, 7) is 1.29. The highest BCUT2D eigenvalue weighted by Crippen LogP contribution is 2.29. The number of hydrogen-bond acceptors (Lipinski definition) is 4. The summed E-state index contributed by atoms with van der Waals surface area (Å²) in [7, 11) is 1.57. The summed E-state index contributed by atoms with van der Waals surface area (Å²) >= 11 is 5.62. The molecule has 4 nitrogen and oxygen atoms in total. The fraction of sp³-hybridized carbons (Fsp3) is 0.455. The molecule has 0 radical (unpaired) electrons. The molecule has 1 aromatic carbocycles. The van der Waals surface area contributed by atoms with Crippen molar-refractivity contribution in [2.24, 2.45) is 0 Å². The highest BCUT2D eigenvalue weighted by Gasteiger charge is 2.12. The molecule has 0 saturated carbocycles. The monoisotopic (exact) mass is 262 g/mol. The molecular formula is C11H16ClFN2O2. The zero-order chi connectivity index (χ0) is 12.8. The molecule has 96 valence electrons. The van der Waals surface area contributed by atoms with Gasteiger partial charge in [0, 0.05) is 26.3 Å². The van der Waals surface area contributed by atoms with Crippen LogP contribution >= 0.6 is 11.6 Å². The molecule has 0 aliphatic carbocycles. The third-order valence-corrected chi connectivity index (χ3v) is 2.64. The normalized spacial score (nSPS) is 10.6. The number of benzene rings is 1. The number of methoxy groups -OCH3 is 1. The summed E-state index contributed by atoms with van der Waals surface area (Å²) in [5, 5.41) is 8.96. The Morgan fingerprint density at radius 1 is 1.47 bits per heavy atom. The third-order valence-electron chi connectivity index (χ3n) is 2.35. The Morgan fingerprint density at radius 3 is 2.76 bits per heavy atom. The van der Waals surface area contributed by atoms with E-state index in [2.05, 4.69) is 0 Å². The first-order chi connectivity index (χ1) is 8.10. The highest BCUT2D eigenvalue weighted by atomic mass is 35.5. The van der Waals surface area contributed by atoms with Crippen molar-refractivity contribution in [3.63, 3.8) is 0 Å².